The van der Waals surface area contributed by atoms with E-state index < -0.39 is 55.4 Å². The first-order valence-electron chi connectivity index (χ1n) is 20.4. The summed E-state index contributed by atoms with van der Waals surface area (Å²) < 4.78 is 22.0. The molecule has 53 heavy (non-hydrogen) atoms. The van der Waals surface area contributed by atoms with Gasteiger partial charge in [-0.15, -0.1) is 0 Å². The molecule has 6 atom stereocenters. The number of hydrogen-bond donors (Lipinski definition) is 4. The highest BCUT2D eigenvalue weighted by molar-refractivity contribution is 5.70. The molecule has 1 saturated heterocycles. The van der Waals surface area contributed by atoms with Crippen LogP contribution in [0.1, 0.15) is 142 Å². The average molecular weight is 749 g/mol. The summed E-state index contributed by atoms with van der Waals surface area (Å²) in [6.45, 7) is 3.24. The Bertz CT molecular complexity index is 1050. The molecule has 0 bridgehead atoms. The van der Waals surface area contributed by atoms with E-state index in [4.69, 9.17) is 18.9 Å². The van der Waals surface area contributed by atoms with Gasteiger partial charge in [-0.05, 0) is 70.6 Å². The van der Waals surface area contributed by atoms with Crippen LogP contribution in [0.5, 0.6) is 0 Å². The Morgan fingerprint density at radius 2 is 1.09 bits per heavy atom. The van der Waals surface area contributed by atoms with Crippen LogP contribution in [0.15, 0.2) is 60.8 Å². The van der Waals surface area contributed by atoms with Crippen LogP contribution < -0.4 is 0 Å². The molecule has 0 aromatic heterocycles. The van der Waals surface area contributed by atoms with Gasteiger partial charge in [0.1, 0.15) is 31.0 Å². The van der Waals surface area contributed by atoms with E-state index in [-0.39, 0.29) is 26.1 Å². The van der Waals surface area contributed by atoms with Crippen molar-refractivity contribution in [1.82, 2.24) is 0 Å². The van der Waals surface area contributed by atoms with E-state index in [2.05, 4.69) is 74.6 Å². The lowest BCUT2D eigenvalue weighted by Crippen LogP contribution is -2.59. The van der Waals surface area contributed by atoms with Crippen LogP contribution in [-0.4, -0.2) is 89.0 Å². The highest BCUT2D eigenvalue weighted by Gasteiger charge is 2.44. The molecular weight excluding hydrogens is 676 g/mol. The van der Waals surface area contributed by atoms with Crippen molar-refractivity contribution in [3.63, 3.8) is 0 Å². The Morgan fingerprint density at radius 1 is 0.585 bits per heavy atom. The molecule has 0 saturated carbocycles. The van der Waals surface area contributed by atoms with Crippen molar-refractivity contribution in [2.45, 2.75) is 179 Å². The van der Waals surface area contributed by atoms with Crippen LogP contribution in [0.2, 0.25) is 0 Å². The Balaban J connectivity index is 2.41. The lowest BCUT2D eigenvalue weighted by Gasteiger charge is -2.39. The lowest BCUT2D eigenvalue weighted by atomic mass is 9.99. The summed E-state index contributed by atoms with van der Waals surface area (Å²) in [7, 11) is 0. The third-order valence-electron chi connectivity index (χ3n) is 8.86. The van der Waals surface area contributed by atoms with Gasteiger partial charge in [-0.2, -0.15) is 0 Å². The quantitative estimate of drug-likeness (QED) is 0.0304. The number of allylic oxidation sites excluding steroid dienone is 10. The zero-order chi connectivity index (χ0) is 38.8. The maximum absolute atomic E-state index is 12.7. The van der Waals surface area contributed by atoms with Crippen molar-refractivity contribution in [3.05, 3.63) is 60.8 Å². The van der Waals surface area contributed by atoms with Gasteiger partial charge < -0.3 is 39.4 Å². The third-order valence-corrected chi connectivity index (χ3v) is 8.86. The monoisotopic (exact) mass is 749 g/mol. The van der Waals surface area contributed by atoms with Crippen LogP contribution in [0, 0.1) is 0 Å². The van der Waals surface area contributed by atoms with Crippen molar-refractivity contribution >= 4 is 11.9 Å². The Hall–Kier alpha value is -2.60. The van der Waals surface area contributed by atoms with Gasteiger partial charge in [0.15, 0.2) is 12.4 Å². The summed E-state index contributed by atoms with van der Waals surface area (Å²) in [5, 5.41) is 39.9. The number of rotatable bonds is 32. The number of unbranched alkanes of at least 4 members (excludes halogenated alkanes) is 11. The first-order valence-corrected chi connectivity index (χ1v) is 20.4. The molecule has 10 nitrogen and oxygen atoms in total. The summed E-state index contributed by atoms with van der Waals surface area (Å²) in [4.78, 5) is 25.2. The van der Waals surface area contributed by atoms with E-state index in [0.29, 0.717) is 12.8 Å². The van der Waals surface area contributed by atoms with Gasteiger partial charge in [0.25, 0.3) is 0 Å². The normalized spacial score (nSPS) is 21.5. The second-order valence-corrected chi connectivity index (χ2v) is 13.7. The van der Waals surface area contributed by atoms with Crippen LogP contribution >= 0.6 is 0 Å². The molecule has 1 aliphatic heterocycles. The first-order chi connectivity index (χ1) is 25.8. The zero-order valence-corrected chi connectivity index (χ0v) is 32.7. The number of ether oxygens (including phenoxy) is 4. The van der Waals surface area contributed by atoms with Crippen LogP contribution in [0.25, 0.3) is 0 Å². The van der Waals surface area contributed by atoms with Crippen LogP contribution in [0.3, 0.4) is 0 Å². The van der Waals surface area contributed by atoms with Crippen LogP contribution in [0.4, 0.5) is 0 Å². The van der Waals surface area contributed by atoms with Gasteiger partial charge in [0, 0.05) is 12.8 Å². The summed E-state index contributed by atoms with van der Waals surface area (Å²) in [5.41, 5.74) is 0. The van der Waals surface area contributed by atoms with E-state index in [0.717, 1.165) is 83.5 Å². The molecule has 1 rings (SSSR count). The van der Waals surface area contributed by atoms with Crippen molar-refractivity contribution in [3.8, 4) is 0 Å². The molecule has 0 aromatic rings. The van der Waals surface area contributed by atoms with Gasteiger partial charge >= 0.3 is 11.9 Å². The second kappa shape index (κ2) is 33.9. The predicted molar refractivity (Wildman–Crippen MR) is 210 cm³/mol. The molecule has 2 unspecified atom stereocenters. The third kappa shape index (κ3) is 25.9. The molecule has 0 spiro atoms. The molecular formula is C43H72O10. The fourth-order valence-electron chi connectivity index (χ4n) is 5.57. The lowest BCUT2D eigenvalue weighted by molar-refractivity contribution is -0.305. The zero-order valence-electron chi connectivity index (χ0n) is 32.7. The van der Waals surface area contributed by atoms with E-state index in [1.54, 1.807) is 0 Å². The predicted octanol–water partition coefficient (Wildman–Crippen LogP) is 7.88. The Labute approximate surface area is 320 Å². The van der Waals surface area contributed by atoms with Crippen LogP contribution in [-0.2, 0) is 28.5 Å². The Kier molecular flexibility index (Phi) is 31.0. The Morgan fingerprint density at radius 3 is 1.70 bits per heavy atom. The minimum absolute atomic E-state index is 0.188. The highest BCUT2D eigenvalue weighted by atomic mass is 16.7. The smallest absolute Gasteiger partial charge is 0.306 e. The second-order valence-electron chi connectivity index (χ2n) is 13.7. The van der Waals surface area contributed by atoms with Crippen molar-refractivity contribution in [2.24, 2.45) is 0 Å². The molecule has 0 amide bonds. The van der Waals surface area contributed by atoms with Gasteiger partial charge in [0.05, 0.1) is 13.2 Å². The SMILES string of the molecule is CCC/C=C/C/C=C/C/C=C/C/C=C/CCCCCC(=O)O[C@H](COC(=O)CCCCCCC/C=C/CCCC)CO[C@@H]1O[C@H](CO)[C@H](O)C(O)C1O. The molecule has 1 aliphatic rings. The standard InChI is InChI=1S/C43H72O10/c1-3-5-7-9-11-13-15-16-17-18-19-20-22-24-26-28-30-32-39(46)52-36(35-51-43-42(49)41(48)40(47)37(33-44)53-43)34-50-38(45)31-29-27-25-23-21-14-12-10-8-6-4-2/h7,9-10,12-13,15,17-18,20,22,36-37,40-44,47-49H,3-6,8,11,14,16,19,21,23-35H2,1-2H3/b9-7+,12-10+,15-13+,18-17+,22-20+/t36-,37-,40+,41?,42?,43-/m1/s1. The van der Waals surface area contributed by atoms with E-state index >= 15 is 0 Å². The molecule has 304 valence electrons. The molecule has 0 radical (unpaired) electrons. The summed E-state index contributed by atoms with van der Waals surface area (Å²) in [6, 6.07) is 0. The van der Waals surface area contributed by atoms with Crippen molar-refractivity contribution in [2.75, 3.05) is 19.8 Å². The molecule has 4 N–H and O–H groups in total. The average Bonchev–Trinajstić information content (AvgIpc) is 3.15. The molecule has 10 heteroatoms. The number of carbonyl (C=O) groups excluding carboxylic acids is 2. The van der Waals surface area contributed by atoms with Gasteiger partial charge in [-0.1, -0.05) is 120 Å². The summed E-state index contributed by atoms with van der Waals surface area (Å²) in [6.07, 6.45) is 32.3. The van der Waals surface area contributed by atoms with Gasteiger partial charge in [-0.25, -0.2) is 0 Å². The maximum atomic E-state index is 12.7. The van der Waals surface area contributed by atoms with Crippen molar-refractivity contribution in [1.29, 1.82) is 0 Å². The molecule has 0 aromatic carbocycles. The summed E-state index contributed by atoms with van der Waals surface area (Å²) >= 11 is 0. The maximum Gasteiger partial charge on any atom is 0.306 e. The fraction of sp³-hybridized carbons (Fsp3) is 0.721. The first kappa shape index (κ1) is 48.4. The largest absolute Gasteiger partial charge is 0.462 e. The molecule has 1 heterocycles. The molecule has 0 aliphatic carbocycles. The fourth-order valence-corrected chi connectivity index (χ4v) is 5.57. The number of aliphatic hydroxyl groups excluding tert-OH is 4. The van der Waals surface area contributed by atoms with E-state index in [9.17, 15) is 30.0 Å². The van der Waals surface area contributed by atoms with E-state index in [1.165, 1.54) is 19.3 Å². The van der Waals surface area contributed by atoms with E-state index in [1.807, 2.05) is 0 Å². The van der Waals surface area contributed by atoms with Gasteiger partial charge in [0.2, 0.25) is 0 Å². The minimum atomic E-state index is -1.60. The number of esters is 2. The minimum Gasteiger partial charge on any atom is -0.462 e. The number of hydrogen-bond acceptors (Lipinski definition) is 10. The van der Waals surface area contributed by atoms with Crippen molar-refractivity contribution < 1.29 is 49.0 Å². The number of aliphatic hydroxyl groups is 4. The topological polar surface area (TPSA) is 152 Å². The van der Waals surface area contributed by atoms with Gasteiger partial charge in [-0.3, -0.25) is 9.59 Å². The number of carbonyl (C=O) groups is 2. The summed E-state index contributed by atoms with van der Waals surface area (Å²) in [5.74, 6) is -0.862. The highest BCUT2D eigenvalue weighted by Crippen LogP contribution is 2.22. The molecule has 1 fully saturated rings.